The third kappa shape index (κ3) is 2.30. The van der Waals surface area contributed by atoms with Gasteiger partial charge < -0.3 is 4.74 Å². The van der Waals surface area contributed by atoms with Crippen LogP contribution in [0.25, 0.3) is 0 Å². The number of carbonyl (C=O) groups excluding carboxylic acids is 1. The highest BCUT2D eigenvalue weighted by molar-refractivity contribution is 5.78. The van der Waals surface area contributed by atoms with Crippen molar-refractivity contribution >= 4 is 5.78 Å². The maximum absolute atomic E-state index is 10.9. The minimum Gasteiger partial charge on any atom is -0.495 e. The summed E-state index contributed by atoms with van der Waals surface area (Å²) >= 11 is 0. The molecule has 0 saturated carbocycles. The van der Waals surface area contributed by atoms with Crippen LogP contribution in [0.1, 0.15) is 18.2 Å². The SMILES string of the molecule is COc1cnc(C#N)c(CC(C)=O)c1. The summed E-state index contributed by atoms with van der Waals surface area (Å²) < 4.78 is 4.95. The highest BCUT2D eigenvalue weighted by Crippen LogP contribution is 2.14. The van der Waals surface area contributed by atoms with Gasteiger partial charge in [0.05, 0.1) is 13.3 Å². The van der Waals surface area contributed by atoms with Crippen molar-refractivity contribution in [2.75, 3.05) is 7.11 Å². The van der Waals surface area contributed by atoms with Crippen LogP contribution in [-0.4, -0.2) is 17.9 Å². The van der Waals surface area contributed by atoms with E-state index in [9.17, 15) is 4.79 Å². The summed E-state index contributed by atoms with van der Waals surface area (Å²) in [6.45, 7) is 1.47. The number of pyridine rings is 1. The number of Topliss-reactive ketones (excluding diaryl/α,β-unsaturated/α-hetero) is 1. The number of methoxy groups -OCH3 is 1. The molecule has 0 bridgehead atoms. The molecular weight excluding hydrogens is 180 g/mol. The molecule has 0 fully saturated rings. The first-order chi connectivity index (χ1) is 6.67. The number of aromatic nitrogens is 1. The quantitative estimate of drug-likeness (QED) is 0.715. The molecule has 0 atom stereocenters. The summed E-state index contributed by atoms with van der Waals surface area (Å²) in [5.74, 6) is 0.553. The molecule has 1 aromatic heterocycles. The molecule has 0 saturated heterocycles. The van der Waals surface area contributed by atoms with Gasteiger partial charge >= 0.3 is 0 Å². The van der Waals surface area contributed by atoms with Crippen molar-refractivity contribution in [3.05, 3.63) is 23.5 Å². The molecule has 4 nitrogen and oxygen atoms in total. The lowest BCUT2D eigenvalue weighted by Gasteiger charge is -2.03. The van der Waals surface area contributed by atoms with Crippen molar-refractivity contribution in [3.8, 4) is 11.8 Å². The predicted molar refractivity (Wildman–Crippen MR) is 49.9 cm³/mol. The summed E-state index contributed by atoms with van der Waals surface area (Å²) in [6.07, 6.45) is 1.68. The fourth-order valence-electron chi connectivity index (χ4n) is 1.10. The minimum atomic E-state index is -0.00319. The Morgan fingerprint density at radius 2 is 2.43 bits per heavy atom. The molecule has 0 aliphatic heterocycles. The normalized spacial score (nSPS) is 9.21. The summed E-state index contributed by atoms with van der Waals surface area (Å²) in [4.78, 5) is 14.8. The highest BCUT2D eigenvalue weighted by Gasteiger charge is 2.07. The first kappa shape index (κ1) is 10.2. The first-order valence-electron chi connectivity index (χ1n) is 4.10. The first-order valence-corrected chi connectivity index (χ1v) is 4.10. The second kappa shape index (κ2) is 4.38. The lowest BCUT2D eigenvalue weighted by Crippen LogP contribution is -2.01. The van der Waals surface area contributed by atoms with Gasteiger partial charge in [-0.25, -0.2) is 4.98 Å². The summed E-state index contributed by atoms with van der Waals surface area (Å²) in [5.41, 5.74) is 0.889. The number of nitrogens with zero attached hydrogens (tertiary/aromatic N) is 2. The Bertz CT molecular complexity index is 394. The zero-order valence-corrected chi connectivity index (χ0v) is 8.07. The topological polar surface area (TPSA) is 63.0 Å². The smallest absolute Gasteiger partial charge is 0.144 e. The maximum Gasteiger partial charge on any atom is 0.144 e. The number of carbonyl (C=O) groups is 1. The van der Waals surface area contributed by atoms with E-state index in [1.165, 1.54) is 20.2 Å². The molecule has 4 heteroatoms. The standard InChI is InChI=1S/C10H10N2O2/c1-7(13)3-8-4-9(14-2)6-12-10(8)5-11/h4,6H,3H2,1-2H3. The zero-order chi connectivity index (χ0) is 10.6. The van der Waals surface area contributed by atoms with Gasteiger partial charge in [0.1, 0.15) is 23.3 Å². The van der Waals surface area contributed by atoms with Crippen LogP contribution in [-0.2, 0) is 11.2 Å². The van der Waals surface area contributed by atoms with E-state index in [1.54, 1.807) is 6.07 Å². The van der Waals surface area contributed by atoms with Gasteiger partial charge in [-0.2, -0.15) is 5.26 Å². The number of ether oxygens (including phenoxy) is 1. The van der Waals surface area contributed by atoms with E-state index in [0.29, 0.717) is 11.3 Å². The average Bonchev–Trinajstić information content (AvgIpc) is 2.16. The van der Waals surface area contributed by atoms with Gasteiger partial charge in [-0.05, 0) is 18.6 Å². The maximum atomic E-state index is 10.9. The highest BCUT2D eigenvalue weighted by atomic mass is 16.5. The van der Waals surface area contributed by atoms with Gasteiger partial charge in [-0.15, -0.1) is 0 Å². The van der Waals surface area contributed by atoms with E-state index in [-0.39, 0.29) is 17.9 Å². The van der Waals surface area contributed by atoms with E-state index in [4.69, 9.17) is 10.00 Å². The molecule has 0 spiro atoms. The molecule has 0 aromatic carbocycles. The van der Waals surface area contributed by atoms with E-state index >= 15 is 0 Å². The molecule has 0 unspecified atom stereocenters. The Morgan fingerprint density at radius 1 is 1.71 bits per heavy atom. The van der Waals surface area contributed by atoms with Crippen LogP contribution in [0.5, 0.6) is 5.75 Å². The van der Waals surface area contributed by atoms with Gasteiger partial charge in [0, 0.05) is 6.42 Å². The van der Waals surface area contributed by atoms with Crippen LogP contribution in [0.4, 0.5) is 0 Å². The minimum absolute atomic E-state index is 0.00319. The van der Waals surface area contributed by atoms with Gasteiger partial charge in [0.25, 0.3) is 0 Å². The molecule has 0 N–H and O–H groups in total. The van der Waals surface area contributed by atoms with Crippen LogP contribution >= 0.6 is 0 Å². The molecule has 0 aliphatic rings. The lowest BCUT2D eigenvalue weighted by atomic mass is 10.1. The van der Waals surface area contributed by atoms with Crippen LogP contribution in [0.15, 0.2) is 12.3 Å². The third-order valence-electron chi connectivity index (χ3n) is 1.72. The molecule has 0 aliphatic carbocycles. The summed E-state index contributed by atoms with van der Waals surface area (Å²) in [6, 6.07) is 3.59. The number of hydrogen-bond acceptors (Lipinski definition) is 4. The van der Waals surface area contributed by atoms with Crippen molar-refractivity contribution in [3.63, 3.8) is 0 Å². The number of nitriles is 1. The van der Waals surface area contributed by atoms with E-state index < -0.39 is 0 Å². The second-order valence-electron chi connectivity index (χ2n) is 2.87. The van der Waals surface area contributed by atoms with Crippen molar-refractivity contribution in [2.45, 2.75) is 13.3 Å². The molecule has 14 heavy (non-hydrogen) atoms. The van der Waals surface area contributed by atoms with Crippen molar-refractivity contribution < 1.29 is 9.53 Å². The van der Waals surface area contributed by atoms with Crippen LogP contribution in [0.3, 0.4) is 0 Å². The van der Waals surface area contributed by atoms with Crippen LogP contribution < -0.4 is 4.74 Å². The lowest BCUT2D eigenvalue weighted by molar-refractivity contribution is -0.116. The Labute approximate surface area is 82.1 Å². The van der Waals surface area contributed by atoms with Crippen molar-refractivity contribution in [2.24, 2.45) is 0 Å². The molecule has 1 rings (SSSR count). The second-order valence-corrected chi connectivity index (χ2v) is 2.87. The molecule has 0 radical (unpaired) electrons. The van der Waals surface area contributed by atoms with Crippen LogP contribution in [0, 0.1) is 11.3 Å². The molecule has 1 aromatic rings. The van der Waals surface area contributed by atoms with Crippen molar-refractivity contribution in [1.29, 1.82) is 5.26 Å². The molecule has 0 amide bonds. The Hall–Kier alpha value is -1.89. The van der Waals surface area contributed by atoms with Gasteiger partial charge in [-0.3, -0.25) is 4.79 Å². The zero-order valence-electron chi connectivity index (χ0n) is 8.07. The molecule has 1 heterocycles. The fourth-order valence-corrected chi connectivity index (χ4v) is 1.10. The van der Waals surface area contributed by atoms with Gasteiger partial charge in [-0.1, -0.05) is 0 Å². The Balaban J connectivity index is 3.09. The van der Waals surface area contributed by atoms with E-state index in [0.717, 1.165) is 0 Å². The largest absolute Gasteiger partial charge is 0.495 e. The summed E-state index contributed by atoms with van der Waals surface area (Å²) in [7, 11) is 1.51. The number of rotatable bonds is 3. The average molecular weight is 190 g/mol. The molecule has 72 valence electrons. The monoisotopic (exact) mass is 190 g/mol. The van der Waals surface area contributed by atoms with Crippen LogP contribution in [0.2, 0.25) is 0 Å². The van der Waals surface area contributed by atoms with E-state index in [1.807, 2.05) is 6.07 Å². The fraction of sp³-hybridized carbons (Fsp3) is 0.300. The predicted octanol–water partition coefficient (Wildman–Crippen LogP) is 1.09. The van der Waals surface area contributed by atoms with Gasteiger partial charge in [0.2, 0.25) is 0 Å². The number of ketones is 1. The molecular formula is C10H10N2O2. The van der Waals surface area contributed by atoms with Crippen molar-refractivity contribution in [1.82, 2.24) is 4.98 Å². The third-order valence-corrected chi connectivity index (χ3v) is 1.72. The summed E-state index contributed by atoms with van der Waals surface area (Å²) in [5, 5.41) is 8.73. The number of hydrogen-bond donors (Lipinski definition) is 0. The Kier molecular flexibility index (Phi) is 3.19. The Morgan fingerprint density at radius 3 is 2.93 bits per heavy atom. The van der Waals surface area contributed by atoms with E-state index in [2.05, 4.69) is 4.98 Å². The van der Waals surface area contributed by atoms with Gasteiger partial charge in [0.15, 0.2) is 0 Å².